The Labute approximate surface area is 299 Å². The fraction of sp³-hybridized carbons (Fsp3) is 0.606. The number of hydrogen-bond acceptors (Lipinski definition) is 9. The number of carbonyl (C=O) groups is 2. The first-order valence-corrected chi connectivity index (χ1v) is 18.6. The van der Waals surface area contributed by atoms with Crippen LogP contribution in [-0.2, 0) is 21.3 Å². The minimum absolute atomic E-state index is 0.162. The molecule has 1 aliphatic carbocycles. The quantitative estimate of drug-likeness (QED) is 0.154. The molecule has 2 fully saturated rings. The largest absolute Gasteiger partial charge is 0.477 e. The van der Waals surface area contributed by atoms with Crippen LogP contribution >= 0.6 is 11.6 Å². The van der Waals surface area contributed by atoms with Gasteiger partial charge in [0.25, 0.3) is 15.9 Å². The zero-order valence-corrected chi connectivity index (χ0v) is 30.7. The molecule has 0 bridgehead atoms. The van der Waals surface area contributed by atoms with E-state index in [1.54, 1.807) is 11.0 Å². The second-order valence-electron chi connectivity index (χ2n) is 14.7. The molecule has 0 aromatic carbocycles. The summed E-state index contributed by atoms with van der Waals surface area (Å²) in [4.78, 5) is 31.6. The van der Waals surface area contributed by atoms with E-state index in [9.17, 15) is 31.2 Å². The van der Waals surface area contributed by atoms with E-state index in [4.69, 9.17) is 21.1 Å². The van der Waals surface area contributed by atoms with Crippen LogP contribution in [0.15, 0.2) is 41.7 Å². The maximum Gasteiger partial charge on any atom is 0.410 e. The molecule has 18 heteroatoms. The van der Waals surface area contributed by atoms with Gasteiger partial charge in [-0.15, -0.1) is 5.10 Å². The Morgan fingerprint density at radius 2 is 1.80 bits per heavy atom. The van der Waals surface area contributed by atoms with Crippen LogP contribution in [0.4, 0.5) is 18.0 Å². The predicted octanol–water partition coefficient (Wildman–Crippen LogP) is 6.41. The number of amides is 2. The van der Waals surface area contributed by atoms with Crippen molar-refractivity contribution in [2.24, 2.45) is 17.8 Å². The third-order valence-corrected chi connectivity index (χ3v) is 10.4. The fourth-order valence-corrected chi connectivity index (χ4v) is 7.47. The number of halogens is 4. The lowest BCUT2D eigenvalue weighted by atomic mass is 9.93. The van der Waals surface area contributed by atoms with Crippen LogP contribution in [0.25, 0.3) is 5.82 Å². The Kier molecular flexibility index (Phi) is 11.0. The second-order valence-corrected chi connectivity index (χ2v) is 16.7. The molecule has 51 heavy (non-hydrogen) atoms. The van der Waals surface area contributed by atoms with Crippen molar-refractivity contribution in [3.05, 3.63) is 47.4 Å². The highest BCUT2D eigenvalue weighted by molar-refractivity contribution is 7.90. The number of rotatable bonds is 13. The van der Waals surface area contributed by atoms with Crippen LogP contribution in [-0.4, -0.2) is 80.3 Å². The van der Waals surface area contributed by atoms with Gasteiger partial charge in [-0.1, -0.05) is 11.6 Å². The topological polar surface area (TPSA) is 151 Å². The van der Waals surface area contributed by atoms with Gasteiger partial charge in [0.1, 0.15) is 10.8 Å². The number of nitrogens with zero attached hydrogens (tertiary/aromatic N) is 6. The first-order valence-electron chi connectivity index (χ1n) is 16.8. The molecule has 4 heterocycles. The summed E-state index contributed by atoms with van der Waals surface area (Å²) < 4.78 is 80.0. The fourth-order valence-electron chi connectivity index (χ4n) is 6.32. The molecule has 1 saturated carbocycles. The van der Waals surface area contributed by atoms with Gasteiger partial charge in [-0.25, -0.2) is 19.2 Å². The number of ether oxygens (including phenoxy) is 2. The highest BCUT2D eigenvalue weighted by Gasteiger charge is 2.54. The molecule has 1 saturated heterocycles. The number of aryl methyl sites for hydroxylation is 1. The van der Waals surface area contributed by atoms with E-state index in [-0.39, 0.29) is 63.9 Å². The van der Waals surface area contributed by atoms with Crippen LogP contribution in [0.5, 0.6) is 5.88 Å². The van der Waals surface area contributed by atoms with Gasteiger partial charge in [0.2, 0.25) is 5.88 Å². The van der Waals surface area contributed by atoms with Crippen molar-refractivity contribution in [1.29, 1.82) is 0 Å². The molecule has 1 N–H and O–H groups in total. The van der Waals surface area contributed by atoms with E-state index in [0.717, 1.165) is 12.8 Å². The normalized spacial score (nSPS) is 20.3. The molecule has 2 amide bonds. The number of carbonyl (C=O) groups excluding carboxylic acids is 2. The van der Waals surface area contributed by atoms with Crippen LogP contribution < -0.4 is 9.46 Å². The average Bonchev–Trinajstić information content (AvgIpc) is 3.30. The summed E-state index contributed by atoms with van der Waals surface area (Å²) in [5.74, 6) is -1.86. The summed E-state index contributed by atoms with van der Waals surface area (Å²) >= 11 is 6.26. The van der Waals surface area contributed by atoms with E-state index in [0.29, 0.717) is 32.4 Å². The third-order valence-electron chi connectivity index (χ3n) is 8.88. The van der Waals surface area contributed by atoms with Gasteiger partial charge in [-0.05, 0) is 103 Å². The van der Waals surface area contributed by atoms with Crippen LogP contribution in [0.3, 0.4) is 0 Å². The zero-order chi connectivity index (χ0) is 37.4. The lowest BCUT2D eigenvalue weighted by Gasteiger charge is -2.33. The van der Waals surface area contributed by atoms with E-state index in [2.05, 4.69) is 15.2 Å². The van der Waals surface area contributed by atoms with Crippen molar-refractivity contribution in [1.82, 2.24) is 34.2 Å². The number of likely N-dealkylation sites (tertiary alicyclic amines) is 1. The molecule has 3 aromatic rings. The number of alkyl halides is 3. The molecule has 3 aromatic heterocycles. The highest BCUT2D eigenvalue weighted by Crippen LogP contribution is 2.52. The molecule has 5 rings (SSSR count). The Morgan fingerprint density at radius 1 is 1.06 bits per heavy atom. The predicted molar refractivity (Wildman–Crippen MR) is 180 cm³/mol. The molecule has 13 nitrogen and oxygen atoms in total. The zero-order valence-electron chi connectivity index (χ0n) is 29.1. The molecular formula is C33H43ClF3N7O6S. The van der Waals surface area contributed by atoms with Crippen molar-refractivity contribution in [2.45, 2.75) is 102 Å². The molecule has 2 aliphatic rings. The number of hydrogen-bond donors (Lipinski definition) is 1. The second kappa shape index (κ2) is 14.6. The number of sulfonamides is 1. The number of aromatic nitrogens is 5. The smallest absolute Gasteiger partial charge is 0.410 e. The van der Waals surface area contributed by atoms with E-state index in [1.807, 2.05) is 39.3 Å². The standard InChI is InChI=1S/C33H43ClF3N7O6S/c1-31(2,3)50-30(46)43-20-21(19-32(43,4)5)8-6-14-42-15-13-27(40-42)51(47,48)41-29(45)23-10-11-25(38-28(23)34)44-16-12-26(39-44)49-17-7-9-22-18-24(22)33(35,36)37/h10-13,15-16,21-22,24H,6-9,14,17-20H2,1-5H3,(H,41,45). The lowest BCUT2D eigenvalue weighted by Crippen LogP contribution is -2.45. The van der Waals surface area contributed by atoms with Gasteiger partial charge in [-0.2, -0.15) is 26.7 Å². The Balaban J connectivity index is 1.09. The average molecular weight is 758 g/mol. The molecule has 1 aliphatic heterocycles. The molecule has 3 unspecified atom stereocenters. The summed E-state index contributed by atoms with van der Waals surface area (Å²) in [6, 6.07) is 5.57. The third kappa shape index (κ3) is 9.93. The van der Waals surface area contributed by atoms with E-state index < -0.39 is 33.6 Å². The molecule has 280 valence electrons. The van der Waals surface area contributed by atoms with Gasteiger partial charge >= 0.3 is 12.3 Å². The van der Waals surface area contributed by atoms with Crippen molar-refractivity contribution in [3.63, 3.8) is 0 Å². The van der Waals surface area contributed by atoms with Gasteiger partial charge in [0.05, 0.1) is 18.1 Å². The van der Waals surface area contributed by atoms with Crippen molar-refractivity contribution in [2.75, 3.05) is 13.2 Å². The minimum Gasteiger partial charge on any atom is -0.477 e. The van der Waals surface area contributed by atoms with Crippen LogP contribution in [0.2, 0.25) is 5.15 Å². The van der Waals surface area contributed by atoms with Gasteiger partial charge in [0.15, 0.2) is 10.8 Å². The summed E-state index contributed by atoms with van der Waals surface area (Å²) in [5, 5.41) is 7.76. The van der Waals surface area contributed by atoms with Crippen molar-refractivity contribution < 1.29 is 40.7 Å². The first kappa shape index (κ1) is 38.4. The monoisotopic (exact) mass is 757 g/mol. The Morgan fingerprint density at radius 3 is 2.47 bits per heavy atom. The summed E-state index contributed by atoms with van der Waals surface area (Å²) in [5.41, 5.74) is -1.12. The molecule has 3 atom stereocenters. The number of nitrogens with one attached hydrogen (secondary N) is 1. The van der Waals surface area contributed by atoms with Gasteiger partial charge in [-0.3, -0.25) is 9.48 Å². The van der Waals surface area contributed by atoms with Crippen LogP contribution in [0.1, 0.15) is 83.5 Å². The molecule has 0 spiro atoms. The Bertz CT molecular complexity index is 1840. The minimum atomic E-state index is -4.34. The van der Waals surface area contributed by atoms with Crippen molar-refractivity contribution in [3.8, 4) is 11.7 Å². The van der Waals surface area contributed by atoms with Gasteiger partial charge < -0.3 is 14.4 Å². The SMILES string of the molecule is CC(C)(C)OC(=O)N1CC(CCCn2ccc(S(=O)(=O)NC(=O)c3ccc(-n4ccc(OCCCC5CC5C(F)(F)F)n4)nc3Cl)n2)CC1(C)C. The van der Waals surface area contributed by atoms with E-state index in [1.165, 1.54) is 40.0 Å². The first-order chi connectivity index (χ1) is 23.7. The van der Waals surface area contributed by atoms with Crippen LogP contribution in [0, 0.1) is 17.8 Å². The summed E-state index contributed by atoms with van der Waals surface area (Å²) in [6.45, 7) is 10.7. The highest BCUT2D eigenvalue weighted by atomic mass is 35.5. The van der Waals surface area contributed by atoms with Gasteiger partial charge in [0, 0.05) is 37.1 Å². The lowest BCUT2D eigenvalue weighted by molar-refractivity contribution is -0.151. The maximum absolute atomic E-state index is 13.0. The number of pyridine rings is 1. The Hall–Kier alpha value is -3.86. The molecule has 0 radical (unpaired) electrons. The summed E-state index contributed by atoms with van der Waals surface area (Å²) in [7, 11) is -4.34. The molecular weight excluding hydrogens is 715 g/mol. The van der Waals surface area contributed by atoms with E-state index >= 15 is 0 Å². The summed E-state index contributed by atoms with van der Waals surface area (Å²) in [6.07, 6.45) is 1.91. The maximum atomic E-state index is 13.0. The van der Waals surface area contributed by atoms with Crippen molar-refractivity contribution >= 4 is 33.6 Å².